The lowest BCUT2D eigenvalue weighted by atomic mass is 10.2. The van der Waals surface area contributed by atoms with Crippen LogP contribution in [-0.4, -0.2) is 23.0 Å². The number of amides is 1. The molecule has 0 atom stereocenters. The number of oxazole rings is 1. The number of pyridine rings is 1. The molecule has 0 aliphatic carbocycles. The molecule has 0 saturated heterocycles. The number of methoxy groups -OCH3 is 1. The van der Waals surface area contributed by atoms with Crippen molar-refractivity contribution in [2.24, 2.45) is 0 Å². The first-order chi connectivity index (χ1) is 12.2. The third-order valence-electron chi connectivity index (χ3n) is 3.64. The van der Waals surface area contributed by atoms with Gasteiger partial charge in [0.1, 0.15) is 0 Å². The molecule has 0 unspecified atom stereocenters. The van der Waals surface area contributed by atoms with Crippen molar-refractivity contribution in [2.45, 2.75) is 19.3 Å². The summed E-state index contributed by atoms with van der Waals surface area (Å²) in [7, 11) is 1.55. The average molecular weight is 337 g/mol. The van der Waals surface area contributed by atoms with Gasteiger partial charge in [0, 0.05) is 24.5 Å². The summed E-state index contributed by atoms with van der Waals surface area (Å²) in [6, 6.07) is 13.3. The predicted octanol–water partition coefficient (Wildman–Crippen LogP) is 3.71. The number of hydrogen-bond acceptors (Lipinski definition) is 5. The highest BCUT2D eigenvalue weighted by Crippen LogP contribution is 2.20. The normalized spacial score (nSPS) is 10.4. The van der Waals surface area contributed by atoms with Crippen LogP contribution in [0.5, 0.6) is 5.88 Å². The van der Waals surface area contributed by atoms with E-state index >= 15 is 0 Å². The van der Waals surface area contributed by atoms with Gasteiger partial charge in [0.05, 0.1) is 25.2 Å². The first kappa shape index (κ1) is 16.7. The lowest BCUT2D eigenvalue weighted by molar-refractivity contribution is -0.116. The predicted molar refractivity (Wildman–Crippen MR) is 94.3 cm³/mol. The molecule has 128 valence electrons. The molecule has 1 aromatic carbocycles. The summed E-state index contributed by atoms with van der Waals surface area (Å²) in [6.45, 7) is 0. The van der Waals surface area contributed by atoms with Crippen molar-refractivity contribution in [3.8, 4) is 17.2 Å². The van der Waals surface area contributed by atoms with Crippen LogP contribution in [0.2, 0.25) is 0 Å². The number of ether oxygens (including phenoxy) is 1. The molecule has 2 heterocycles. The zero-order valence-corrected chi connectivity index (χ0v) is 13.9. The SMILES string of the molecule is COc1ccc(NC(=O)CCCc2ncc(-c3ccccc3)o2)cn1. The fourth-order valence-corrected chi connectivity index (χ4v) is 2.36. The lowest BCUT2D eigenvalue weighted by Gasteiger charge is -2.05. The second-order valence-corrected chi connectivity index (χ2v) is 5.48. The lowest BCUT2D eigenvalue weighted by Crippen LogP contribution is -2.11. The van der Waals surface area contributed by atoms with E-state index in [1.165, 1.54) is 0 Å². The molecule has 25 heavy (non-hydrogen) atoms. The molecular formula is C19H19N3O3. The Balaban J connectivity index is 1.46. The molecule has 1 N–H and O–H groups in total. The van der Waals surface area contributed by atoms with Gasteiger partial charge in [-0.1, -0.05) is 30.3 Å². The van der Waals surface area contributed by atoms with E-state index in [0.717, 1.165) is 11.3 Å². The third-order valence-corrected chi connectivity index (χ3v) is 3.64. The Morgan fingerprint density at radius 2 is 1.96 bits per heavy atom. The number of rotatable bonds is 7. The standard InChI is InChI=1S/C19H19N3O3/c1-24-18-11-10-15(12-20-18)22-17(23)8-5-9-19-21-13-16(25-19)14-6-3-2-4-7-14/h2-4,6-7,10-13H,5,8-9H2,1H3,(H,22,23). The highest BCUT2D eigenvalue weighted by molar-refractivity contribution is 5.90. The van der Waals surface area contributed by atoms with Gasteiger partial charge < -0.3 is 14.5 Å². The molecule has 1 amide bonds. The number of benzene rings is 1. The van der Waals surface area contributed by atoms with Crippen LogP contribution in [0, 0.1) is 0 Å². The number of carbonyl (C=O) groups excluding carboxylic acids is 1. The highest BCUT2D eigenvalue weighted by Gasteiger charge is 2.08. The Hall–Kier alpha value is -3.15. The molecule has 6 nitrogen and oxygen atoms in total. The molecule has 0 fully saturated rings. The van der Waals surface area contributed by atoms with Gasteiger partial charge in [-0.2, -0.15) is 0 Å². The minimum absolute atomic E-state index is 0.0678. The Kier molecular flexibility index (Phi) is 5.41. The largest absolute Gasteiger partial charge is 0.481 e. The fraction of sp³-hybridized carbons (Fsp3) is 0.211. The summed E-state index contributed by atoms with van der Waals surface area (Å²) in [6.07, 6.45) is 4.94. The van der Waals surface area contributed by atoms with Crippen LogP contribution in [0.4, 0.5) is 5.69 Å². The number of aromatic nitrogens is 2. The topological polar surface area (TPSA) is 77.2 Å². The van der Waals surface area contributed by atoms with Gasteiger partial charge in [0.2, 0.25) is 11.8 Å². The van der Waals surface area contributed by atoms with E-state index in [1.807, 2.05) is 30.3 Å². The summed E-state index contributed by atoms with van der Waals surface area (Å²) in [5.74, 6) is 1.82. The summed E-state index contributed by atoms with van der Waals surface area (Å²) in [5.41, 5.74) is 1.64. The maximum Gasteiger partial charge on any atom is 0.224 e. The molecule has 3 rings (SSSR count). The van der Waals surface area contributed by atoms with Crippen LogP contribution in [-0.2, 0) is 11.2 Å². The summed E-state index contributed by atoms with van der Waals surface area (Å²) in [4.78, 5) is 20.3. The molecule has 0 aliphatic rings. The second kappa shape index (κ2) is 8.10. The number of nitrogens with zero attached hydrogens (tertiary/aromatic N) is 2. The van der Waals surface area contributed by atoms with Crippen molar-refractivity contribution in [3.63, 3.8) is 0 Å². The molecule has 0 saturated carbocycles. The van der Waals surface area contributed by atoms with Gasteiger partial charge in [-0.25, -0.2) is 9.97 Å². The Morgan fingerprint density at radius 3 is 2.68 bits per heavy atom. The molecule has 0 aliphatic heterocycles. The van der Waals surface area contributed by atoms with Crippen LogP contribution in [0.25, 0.3) is 11.3 Å². The van der Waals surface area contributed by atoms with Crippen molar-refractivity contribution in [3.05, 3.63) is 60.7 Å². The Labute approximate surface area is 145 Å². The van der Waals surface area contributed by atoms with E-state index < -0.39 is 0 Å². The minimum atomic E-state index is -0.0678. The molecular weight excluding hydrogens is 318 g/mol. The summed E-state index contributed by atoms with van der Waals surface area (Å²) < 4.78 is 10.7. The van der Waals surface area contributed by atoms with Gasteiger partial charge in [0.15, 0.2) is 11.7 Å². The van der Waals surface area contributed by atoms with Crippen molar-refractivity contribution >= 4 is 11.6 Å². The summed E-state index contributed by atoms with van der Waals surface area (Å²) >= 11 is 0. The van der Waals surface area contributed by atoms with Crippen molar-refractivity contribution in [1.29, 1.82) is 0 Å². The molecule has 0 radical (unpaired) electrons. The van der Waals surface area contributed by atoms with Crippen molar-refractivity contribution < 1.29 is 13.9 Å². The van der Waals surface area contributed by atoms with Gasteiger partial charge in [-0.15, -0.1) is 0 Å². The van der Waals surface area contributed by atoms with Gasteiger partial charge in [-0.05, 0) is 12.5 Å². The Morgan fingerprint density at radius 1 is 1.12 bits per heavy atom. The van der Waals surface area contributed by atoms with Crippen LogP contribution in [0.3, 0.4) is 0 Å². The monoisotopic (exact) mass is 337 g/mol. The number of aryl methyl sites for hydroxylation is 1. The van der Waals surface area contributed by atoms with Crippen molar-refractivity contribution in [2.75, 3.05) is 12.4 Å². The maximum atomic E-state index is 12.0. The van der Waals surface area contributed by atoms with Gasteiger partial charge >= 0.3 is 0 Å². The molecule has 3 aromatic rings. The third kappa shape index (κ3) is 4.67. The van der Waals surface area contributed by atoms with Crippen LogP contribution < -0.4 is 10.1 Å². The minimum Gasteiger partial charge on any atom is -0.481 e. The van der Waals surface area contributed by atoms with E-state index in [0.29, 0.717) is 36.7 Å². The zero-order valence-electron chi connectivity index (χ0n) is 13.9. The van der Waals surface area contributed by atoms with E-state index in [9.17, 15) is 4.79 Å². The second-order valence-electron chi connectivity index (χ2n) is 5.48. The highest BCUT2D eigenvalue weighted by atomic mass is 16.5. The number of nitrogens with one attached hydrogen (secondary N) is 1. The van der Waals surface area contributed by atoms with E-state index in [1.54, 1.807) is 31.6 Å². The number of hydrogen-bond donors (Lipinski definition) is 1. The average Bonchev–Trinajstić information content (AvgIpc) is 3.12. The quantitative estimate of drug-likeness (QED) is 0.711. The van der Waals surface area contributed by atoms with E-state index in [4.69, 9.17) is 9.15 Å². The van der Waals surface area contributed by atoms with Crippen molar-refractivity contribution in [1.82, 2.24) is 9.97 Å². The number of anilines is 1. The van der Waals surface area contributed by atoms with Crippen LogP contribution >= 0.6 is 0 Å². The fourth-order valence-electron chi connectivity index (χ4n) is 2.36. The summed E-state index contributed by atoms with van der Waals surface area (Å²) in [5, 5.41) is 2.80. The van der Waals surface area contributed by atoms with Gasteiger partial charge in [-0.3, -0.25) is 4.79 Å². The first-order valence-corrected chi connectivity index (χ1v) is 8.04. The maximum absolute atomic E-state index is 12.0. The van der Waals surface area contributed by atoms with Gasteiger partial charge in [0.25, 0.3) is 0 Å². The Bertz CT molecular complexity index is 813. The molecule has 0 spiro atoms. The molecule has 0 bridgehead atoms. The van der Waals surface area contributed by atoms with Crippen LogP contribution in [0.15, 0.2) is 59.3 Å². The van der Waals surface area contributed by atoms with Crippen LogP contribution in [0.1, 0.15) is 18.7 Å². The zero-order chi connectivity index (χ0) is 17.5. The van der Waals surface area contributed by atoms with E-state index in [2.05, 4.69) is 15.3 Å². The molecule has 2 aromatic heterocycles. The number of carbonyl (C=O) groups is 1. The molecule has 6 heteroatoms. The van der Waals surface area contributed by atoms with E-state index in [-0.39, 0.29) is 5.91 Å². The smallest absolute Gasteiger partial charge is 0.224 e. The first-order valence-electron chi connectivity index (χ1n) is 8.04.